The largest absolute Gasteiger partial charge is 1.00 e. The van der Waals surface area contributed by atoms with Crippen LogP contribution in [0.25, 0.3) is 0 Å². The van der Waals surface area contributed by atoms with Gasteiger partial charge in [-0.15, -0.1) is 0 Å². The maximum atomic E-state index is 12.8. The molecule has 6 aromatic rings. The topological polar surface area (TPSA) is 287 Å². The van der Waals surface area contributed by atoms with Gasteiger partial charge in [0, 0.05) is 86.5 Å². The molecule has 4 aromatic carbocycles. The van der Waals surface area contributed by atoms with Gasteiger partial charge in [0.05, 0.1) is 59.7 Å². The summed E-state index contributed by atoms with van der Waals surface area (Å²) in [7, 11) is 10.3. The predicted molar refractivity (Wildman–Crippen MR) is 339 cm³/mol. The summed E-state index contributed by atoms with van der Waals surface area (Å²) in [5.74, 6) is 2.77. The Morgan fingerprint density at radius 2 is 1.04 bits per heavy atom. The molecule has 0 fully saturated rings. The van der Waals surface area contributed by atoms with Crippen LogP contribution in [0, 0.1) is 13.8 Å². The predicted octanol–water partition coefficient (Wildman–Crippen LogP) is 5.14. The van der Waals surface area contributed by atoms with Gasteiger partial charge in [-0.25, -0.2) is 9.97 Å². The standard InChI is InChI=1S/C28H38N7O3P.C25H36N7O2P.C3H3ClO.CH2O3.Na/c1-9-26(36)30-21-16-22(24(38-6)17-23(21)35(5)15-14-34(3)4)32-28-29-18-19(2)27(33-28)31-20-12-10-11-13-25(20)39(7,8)37;1-17-16-27-25(30-24(17)28-19-10-8-9-11-23(19)35(6,7)33)29-20-14-18(26)21(15-22(20)34-5)32(4)13-12-31(2)3;1-2-3(4)5;2-1-4-3;/h9-13,16-18H,1,14-15H2,2-8H3,(H,30,36)(H2,29,31,32,33);8-11,14-16H,12-13,26H2,1-7H3,(H2,27,28,29,30);2H,1H2;1,3H;/q;;;;+1/p-1. The number of aromatic nitrogens is 4. The van der Waals surface area contributed by atoms with Crippen LogP contribution in [0.4, 0.5) is 69.0 Å². The van der Waals surface area contributed by atoms with Crippen LogP contribution in [0.5, 0.6) is 11.5 Å². The quantitative estimate of drug-likeness (QED) is 0.00669. The molecule has 0 saturated heterocycles. The monoisotopic (exact) mass is 1220 g/mol. The normalized spacial score (nSPS) is 10.6. The molecule has 1 amide bonds. The maximum absolute atomic E-state index is 12.8. The van der Waals surface area contributed by atoms with Gasteiger partial charge in [0.25, 0.3) is 6.47 Å². The van der Waals surface area contributed by atoms with Gasteiger partial charge < -0.3 is 80.7 Å². The summed E-state index contributed by atoms with van der Waals surface area (Å²) < 4.78 is 36.9. The molecule has 84 heavy (non-hydrogen) atoms. The van der Waals surface area contributed by atoms with E-state index in [1.54, 1.807) is 59.3 Å². The average Bonchev–Trinajstić information content (AvgIpc) is 3.45. The molecular formula is C57H78ClN14NaO9P2. The van der Waals surface area contributed by atoms with Crippen LogP contribution in [0.3, 0.4) is 0 Å². The molecule has 0 atom stereocenters. The number of anilines is 12. The van der Waals surface area contributed by atoms with Gasteiger partial charge in [-0.3, -0.25) is 14.4 Å². The second kappa shape index (κ2) is 35.3. The summed E-state index contributed by atoms with van der Waals surface area (Å²) in [6, 6.07) is 22.5. The van der Waals surface area contributed by atoms with E-state index in [1.807, 2.05) is 128 Å². The van der Waals surface area contributed by atoms with Crippen molar-refractivity contribution < 1.29 is 72.7 Å². The van der Waals surface area contributed by atoms with Gasteiger partial charge in [0.15, 0.2) is 0 Å². The number of carbonyl (C=O) groups excluding carboxylic acids is 3. The molecular weight excluding hydrogens is 1150 g/mol. The molecule has 0 spiro atoms. The molecule has 0 unspecified atom stereocenters. The van der Waals surface area contributed by atoms with E-state index in [4.69, 9.17) is 36.9 Å². The van der Waals surface area contributed by atoms with Crippen molar-refractivity contribution in [3.05, 3.63) is 122 Å². The minimum Gasteiger partial charge on any atom is -0.662 e. The third-order valence-corrected chi connectivity index (χ3v) is 15.1. The van der Waals surface area contributed by atoms with Crippen LogP contribution in [0.1, 0.15) is 11.1 Å². The molecule has 0 aliphatic heterocycles. The number of para-hydroxylation sites is 2. The second-order valence-electron chi connectivity index (χ2n) is 19.7. The number of nitrogens with zero attached hydrogens (tertiary/aromatic N) is 8. The number of rotatable bonds is 24. The number of carbonyl (C=O) groups is 3. The Balaban J connectivity index is 0.000000497. The van der Waals surface area contributed by atoms with Crippen molar-refractivity contribution in [2.45, 2.75) is 13.8 Å². The first-order valence-electron chi connectivity index (χ1n) is 25.5. The van der Waals surface area contributed by atoms with Crippen molar-refractivity contribution in [3.8, 4) is 11.5 Å². The van der Waals surface area contributed by atoms with Crippen molar-refractivity contribution in [1.82, 2.24) is 29.7 Å². The first-order chi connectivity index (χ1) is 39.1. The molecule has 27 heteroatoms. The molecule has 6 rings (SSSR count). The Kier molecular flexibility index (Phi) is 30.7. The summed E-state index contributed by atoms with van der Waals surface area (Å²) in [5.41, 5.74) is 13.7. The number of hydrogen-bond donors (Lipinski definition) is 6. The molecule has 0 saturated carbocycles. The minimum atomic E-state index is -2.52. The summed E-state index contributed by atoms with van der Waals surface area (Å²) >= 11 is 4.71. The van der Waals surface area contributed by atoms with Crippen LogP contribution < -0.4 is 97.0 Å². The summed E-state index contributed by atoms with van der Waals surface area (Å²) in [5, 5.41) is 25.4. The SMILES string of the molecule is C=CC(=O)Cl.C=CC(=O)Nc1cc(Nc2ncc(C)c(Nc3ccccc3P(C)(C)=O)n2)c(OC)cc1N(C)CCN(C)C.COc1cc(N(C)CCN(C)C)c(N)cc1Nc1ncc(C)c(Nc2ccccc2P(C)(C)=O)n1.O=CO[O-].[Na+]. The van der Waals surface area contributed by atoms with Gasteiger partial charge in [-0.05, 0) is 129 Å². The number of hydrogen-bond acceptors (Lipinski definition) is 22. The van der Waals surface area contributed by atoms with E-state index >= 15 is 0 Å². The van der Waals surface area contributed by atoms with Crippen LogP contribution in [0.15, 0.2) is 111 Å². The van der Waals surface area contributed by atoms with Crippen LogP contribution in [-0.4, -0.2) is 157 Å². The zero-order valence-corrected chi connectivity index (χ0v) is 55.2. The molecule has 2 heterocycles. The van der Waals surface area contributed by atoms with Crippen molar-refractivity contribution in [2.75, 3.05) is 151 Å². The third-order valence-electron chi connectivity index (χ3n) is 11.8. The average molecular weight is 1220 g/mol. The molecule has 0 aliphatic carbocycles. The molecule has 0 aliphatic rings. The fraction of sp³-hybridized carbons (Fsp3) is 0.316. The molecule has 448 valence electrons. The number of benzene rings is 4. The van der Waals surface area contributed by atoms with Gasteiger partial charge >= 0.3 is 29.6 Å². The minimum absolute atomic E-state index is 0. The molecule has 2 aromatic heterocycles. The second-order valence-corrected chi connectivity index (χ2v) is 26.5. The first-order valence-corrected chi connectivity index (χ1v) is 31.1. The number of nitrogen functional groups attached to an aromatic ring is 1. The zero-order valence-electron chi connectivity index (χ0n) is 50.7. The van der Waals surface area contributed by atoms with E-state index in [-0.39, 0.29) is 41.9 Å². The van der Waals surface area contributed by atoms with E-state index in [2.05, 4.69) is 79.3 Å². The number of aryl methyl sites for hydroxylation is 2. The van der Waals surface area contributed by atoms with E-state index < -0.39 is 19.5 Å². The molecule has 23 nitrogen and oxygen atoms in total. The van der Waals surface area contributed by atoms with Gasteiger partial charge in [0.2, 0.25) is 23.0 Å². The number of likely N-dealkylation sites (N-methyl/N-ethyl adjacent to an activating group) is 4. The Morgan fingerprint density at radius 3 is 1.40 bits per heavy atom. The summed E-state index contributed by atoms with van der Waals surface area (Å²) in [4.78, 5) is 59.5. The van der Waals surface area contributed by atoms with Crippen molar-refractivity contribution >= 4 is 123 Å². The van der Waals surface area contributed by atoms with Crippen LogP contribution >= 0.6 is 25.9 Å². The molecule has 0 radical (unpaired) electrons. The van der Waals surface area contributed by atoms with E-state index in [0.29, 0.717) is 57.8 Å². The van der Waals surface area contributed by atoms with Gasteiger partial charge in [-0.2, -0.15) is 9.97 Å². The number of nitrogens with one attached hydrogen (secondary N) is 5. The number of nitrogens with two attached hydrogens (primary N) is 1. The number of halogens is 1. The maximum Gasteiger partial charge on any atom is 1.00 e. The number of ether oxygens (including phenoxy) is 2. The number of amides is 1. The third kappa shape index (κ3) is 23.5. The van der Waals surface area contributed by atoms with Crippen molar-refractivity contribution in [2.24, 2.45) is 0 Å². The van der Waals surface area contributed by atoms with Crippen LogP contribution in [-0.2, 0) is 28.4 Å². The zero-order chi connectivity index (χ0) is 62.2. The number of methoxy groups -OCH3 is 2. The molecule has 0 bridgehead atoms. The fourth-order valence-electron chi connectivity index (χ4n) is 7.41. The van der Waals surface area contributed by atoms with E-state index in [1.165, 1.54) is 6.08 Å². The fourth-order valence-corrected chi connectivity index (χ4v) is 9.72. The van der Waals surface area contributed by atoms with Gasteiger partial charge in [-0.1, -0.05) is 37.4 Å². The Bertz CT molecular complexity index is 3280. The Hall–Kier alpha value is -7.04. The van der Waals surface area contributed by atoms with Gasteiger partial charge in [0.1, 0.15) is 37.4 Å². The van der Waals surface area contributed by atoms with E-state index in [0.717, 1.165) is 76.7 Å². The molecule has 7 N–H and O–H groups in total. The van der Waals surface area contributed by atoms with Crippen LogP contribution in [0.2, 0.25) is 0 Å². The number of allylic oxidation sites excluding steroid dienone is 1. The van der Waals surface area contributed by atoms with E-state index in [9.17, 15) is 18.7 Å². The van der Waals surface area contributed by atoms with Crippen molar-refractivity contribution in [1.29, 1.82) is 0 Å². The summed E-state index contributed by atoms with van der Waals surface area (Å²) in [6.45, 7) is 20.6. The Morgan fingerprint density at radius 1 is 0.643 bits per heavy atom. The smallest absolute Gasteiger partial charge is 0.662 e. The summed E-state index contributed by atoms with van der Waals surface area (Å²) in [6.07, 6.45) is 5.71. The van der Waals surface area contributed by atoms with Crippen molar-refractivity contribution in [3.63, 3.8) is 0 Å². The Labute approximate surface area is 520 Å². The first kappa shape index (κ1) is 73.1.